The molecule has 6 nitrogen and oxygen atoms in total. The number of hydrogen-bond acceptors (Lipinski definition) is 5. The number of H-pyrrole nitrogens is 1. The molecule has 0 unspecified atom stereocenters. The van der Waals surface area contributed by atoms with E-state index in [0.717, 1.165) is 0 Å². The van der Waals surface area contributed by atoms with E-state index in [4.69, 9.17) is 9.84 Å². The van der Waals surface area contributed by atoms with Crippen LogP contribution in [0.5, 0.6) is 11.6 Å². The van der Waals surface area contributed by atoms with Crippen molar-refractivity contribution in [1.29, 1.82) is 0 Å². The molecule has 17 heavy (non-hydrogen) atoms. The molecule has 0 spiro atoms. The molecule has 0 aliphatic heterocycles. The molecule has 0 atom stereocenters. The lowest BCUT2D eigenvalue weighted by atomic mass is 10.3. The van der Waals surface area contributed by atoms with Crippen molar-refractivity contribution < 1.29 is 14.2 Å². The minimum Gasteiger partial charge on any atom is -0.495 e. The van der Waals surface area contributed by atoms with Gasteiger partial charge in [0.2, 0.25) is 5.82 Å². The first-order valence-electron chi connectivity index (χ1n) is 4.61. The zero-order valence-corrected chi connectivity index (χ0v) is 8.77. The van der Waals surface area contributed by atoms with Crippen molar-refractivity contribution in [2.75, 3.05) is 7.11 Å². The molecule has 0 bridgehead atoms. The molecule has 0 saturated carbocycles. The van der Waals surface area contributed by atoms with E-state index in [0.29, 0.717) is 11.4 Å². The third-order valence-corrected chi connectivity index (χ3v) is 2.06. The van der Waals surface area contributed by atoms with E-state index in [2.05, 4.69) is 15.0 Å². The first-order valence-corrected chi connectivity index (χ1v) is 4.61. The number of aromatic amines is 1. The number of nitrogens with one attached hydrogen (secondary N) is 1. The van der Waals surface area contributed by atoms with Crippen LogP contribution in [0.15, 0.2) is 23.1 Å². The highest BCUT2D eigenvalue weighted by Crippen LogP contribution is 2.17. The zero-order valence-electron chi connectivity index (χ0n) is 8.77. The van der Waals surface area contributed by atoms with Gasteiger partial charge in [-0.1, -0.05) is 0 Å². The topological polar surface area (TPSA) is 88.1 Å². The van der Waals surface area contributed by atoms with Crippen LogP contribution in [0.3, 0.4) is 0 Å². The van der Waals surface area contributed by atoms with Crippen molar-refractivity contribution in [3.05, 3.63) is 34.5 Å². The largest absolute Gasteiger partial charge is 0.495 e. The van der Waals surface area contributed by atoms with E-state index >= 15 is 0 Å². The smallest absolute Gasteiger partial charge is 0.291 e. The summed E-state index contributed by atoms with van der Waals surface area (Å²) < 4.78 is 17.8. The summed E-state index contributed by atoms with van der Waals surface area (Å²) in [5.74, 6) is -1.76. The highest BCUT2D eigenvalue weighted by atomic mass is 19.1. The minimum absolute atomic E-state index is 0.0171. The maximum Gasteiger partial charge on any atom is 0.291 e. The molecule has 0 saturated heterocycles. The lowest BCUT2D eigenvalue weighted by Gasteiger charge is -2.02. The van der Waals surface area contributed by atoms with Gasteiger partial charge < -0.3 is 14.8 Å². The second-order valence-corrected chi connectivity index (χ2v) is 3.14. The van der Waals surface area contributed by atoms with Crippen LogP contribution in [-0.2, 0) is 0 Å². The number of hydrogen-bond donors (Lipinski definition) is 2. The summed E-state index contributed by atoms with van der Waals surface area (Å²) in [7, 11) is 1.49. The highest BCUT2D eigenvalue weighted by molar-refractivity contribution is 5.50. The molecule has 7 heteroatoms. The Morgan fingerprint density at radius 1 is 1.47 bits per heavy atom. The summed E-state index contributed by atoms with van der Waals surface area (Å²) in [4.78, 5) is 20.7. The minimum atomic E-state index is -1.32. The molecular formula is C10H8FN3O3. The molecule has 0 fully saturated rings. The molecule has 2 aromatic rings. The van der Waals surface area contributed by atoms with Crippen LogP contribution in [0.25, 0.3) is 11.5 Å². The van der Waals surface area contributed by atoms with E-state index < -0.39 is 17.3 Å². The first kappa shape index (κ1) is 11.1. The second kappa shape index (κ2) is 4.20. The molecule has 0 aliphatic carbocycles. The van der Waals surface area contributed by atoms with E-state index in [9.17, 15) is 9.18 Å². The third kappa shape index (κ3) is 2.07. The molecule has 0 aromatic carbocycles. The van der Waals surface area contributed by atoms with Crippen LogP contribution in [0.1, 0.15) is 0 Å². The Labute approximate surface area is 94.7 Å². The van der Waals surface area contributed by atoms with Crippen molar-refractivity contribution in [3.63, 3.8) is 0 Å². The number of nitrogens with zero attached hydrogens (tertiary/aromatic N) is 2. The predicted octanol–water partition coefficient (Wildman–Crippen LogP) is 0.685. The standard InChI is InChI=1S/C10H8FN3O3/c1-17-5-2-3-6(12-4-5)8-13-9(15)7(11)10(16)14-8/h2-4H,1H3,(H2,13,14,15,16). The number of methoxy groups -OCH3 is 1. The van der Waals surface area contributed by atoms with Crippen molar-refractivity contribution in [2.24, 2.45) is 0 Å². The monoisotopic (exact) mass is 237 g/mol. The van der Waals surface area contributed by atoms with Gasteiger partial charge in [-0.3, -0.25) is 4.79 Å². The number of halogens is 1. The molecule has 2 aromatic heterocycles. The third-order valence-electron chi connectivity index (χ3n) is 2.06. The number of aromatic hydroxyl groups is 1. The molecule has 2 rings (SSSR count). The summed E-state index contributed by atoms with van der Waals surface area (Å²) in [6.07, 6.45) is 1.41. The first-order chi connectivity index (χ1) is 8.11. The number of rotatable bonds is 2. The van der Waals surface area contributed by atoms with Crippen LogP contribution < -0.4 is 10.3 Å². The van der Waals surface area contributed by atoms with Gasteiger partial charge in [-0.2, -0.15) is 9.37 Å². The average molecular weight is 237 g/mol. The molecule has 2 N–H and O–H groups in total. The van der Waals surface area contributed by atoms with Gasteiger partial charge in [-0.15, -0.1) is 0 Å². The highest BCUT2D eigenvalue weighted by Gasteiger charge is 2.11. The summed E-state index contributed by atoms with van der Waals surface area (Å²) in [6, 6.07) is 3.12. The Bertz CT molecular complexity index is 595. The Morgan fingerprint density at radius 3 is 2.76 bits per heavy atom. The number of pyridine rings is 1. The van der Waals surface area contributed by atoms with Crippen LogP contribution >= 0.6 is 0 Å². The molecule has 0 aliphatic rings. The molecule has 2 heterocycles. The molecular weight excluding hydrogens is 229 g/mol. The van der Waals surface area contributed by atoms with Gasteiger partial charge in [0.05, 0.1) is 13.3 Å². The van der Waals surface area contributed by atoms with Gasteiger partial charge in [0.25, 0.3) is 11.4 Å². The van der Waals surface area contributed by atoms with Gasteiger partial charge in [-0.05, 0) is 12.1 Å². The average Bonchev–Trinajstić information content (AvgIpc) is 2.35. The Kier molecular flexibility index (Phi) is 2.73. The number of aromatic nitrogens is 3. The second-order valence-electron chi connectivity index (χ2n) is 3.14. The van der Waals surface area contributed by atoms with Crippen LogP contribution in [0.2, 0.25) is 0 Å². The Morgan fingerprint density at radius 2 is 2.24 bits per heavy atom. The van der Waals surface area contributed by atoms with E-state index in [1.165, 1.54) is 19.4 Å². The molecule has 0 amide bonds. The van der Waals surface area contributed by atoms with E-state index in [-0.39, 0.29) is 5.82 Å². The number of ether oxygens (including phenoxy) is 1. The Balaban J connectivity index is 2.49. The predicted molar refractivity (Wildman–Crippen MR) is 56.3 cm³/mol. The maximum absolute atomic E-state index is 12.8. The van der Waals surface area contributed by atoms with Crippen molar-refractivity contribution in [2.45, 2.75) is 0 Å². The van der Waals surface area contributed by atoms with E-state index in [1.807, 2.05) is 0 Å². The van der Waals surface area contributed by atoms with Gasteiger partial charge in [0.15, 0.2) is 5.82 Å². The molecule has 88 valence electrons. The van der Waals surface area contributed by atoms with Crippen molar-refractivity contribution in [3.8, 4) is 23.1 Å². The van der Waals surface area contributed by atoms with Crippen molar-refractivity contribution in [1.82, 2.24) is 15.0 Å². The van der Waals surface area contributed by atoms with E-state index in [1.54, 1.807) is 6.07 Å². The van der Waals surface area contributed by atoms with Gasteiger partial charge in [-0.25, -0.2) is 4.98 Å². The zero-order chi connectivity index (χ0) is 12.4. The lowest BCUT2D eigenvalue weighted by Crippen LogP contribution is -2.13. The summed E-state index contributed by atoms with van der Waals surface area (Å²) in [6.45, 7) is 0. The summed E-state index contributed by atoms with van der Waals surface area (Å²) in [5, 5.41) is 9.08. The quantitative estimate of drug-likeness (QED) is 0.802. The lowest BCUT2D eigenvalue weighted by molar-refractivity contribution is 0.405. The summed E-state index contributed by atoms with van der Waals surface area (Å²) in [5.41, 5.74) is -0.761. The fourth-order valence-corrected chi connectivity index (χ4v) is 1.21. The fraction of sp³-hybridized carbons (Fsp3) is 0.100. The summed E-state index contributed by atoms with van der Waals surface area (Å²) >= 11 is 0. The van der Waals surface area contributed by atoms with Crippen LogP contribution in [0, 0.1) is 5.82 Å². The van der Waals surface area contributed by atoms with Gasteiger partial charge in [0, 0.05) is 0 Å². The van der Waals surface area contributed by atoms with Crippen LogP contribution in [-0.4, -0.2) is 27.2 Å². The van der Waals surface area contributed by atoms with Crippen molar-refractivity contribution >= 4 is 0 Å². The fourth-order valence-electron chi connectivity index (χ4n) is 1.21. The normalized spacial score (nSPS) is 10.2. The van der Waals surface area contributed by atoms with Gasteiger partial charge in [0.1, 0.15) is 11.4 Å². The SMILES string of the molecule is COc1ccc(-c2nc(O)c(F)c(=O)[nH]2)nc1. The Hall–Kier alpha value is -2.44. The van der Waals surface area contributed by atoms with Gasteiger partial charge >= 0.3 is 0 Å². The van der Waals surface area contributed by atoms with Crippen LogP contribution in [0.4, 0.5) is 4.39 Å². The maximum atomic E-state index is 12.8. The molecule has 0 radical (unpaired) electrons.